The zero-order chi connectivity index (χ0) is 17.8. The first-order valence-electron chi connectivity index (χ1n) is 8.61. The lowest BCUT2D eigenvalue weighted by atomic mass is 10.1. The van der Waals surface area contributed by atoms with Crippen molar-refractivity contribution in [1.29, 1.82) is 0 Å². The second-order valence-corrected chi connectivity index (χ2v) is 6.46. The Morgan fingerprint density at radius 2 is 1.68 bits per heavy atom. The third-order valence-electron chi connectivity index (χ3n) is 4.55. The highest BCUT2D eigenvalue weighted by molar-refractivity contribution is 6.09. The van der Waals surface area contributed by atoms with Crippen LogP contribution in [-0.2, 0) is 0 Å². The number of nitrogens with zero attached hydrogens (tertiary/aromatic N) is 1. The standard InChI is InChI=1S/C20H23N3O2/c1-14-5-7-15(8-6-14)20(25)22-18-10-9-16(13-17(18)19(21)24)23-11-3-2-4-12-23/h5-10,13H,2-4,11-12H2,1H3,(H2,21,24)(H,22,25). The Balaban J connectivity index is 1.83. The lowest BCUT2D eigenvalue weighted by molar-refractivity contribution is 0.100. The van der Waals surface area contributed by atoms with Crippen LogP contribution in [0, 0.1) is 6.92 Å². The maximum absolute atomic E-state index is 12.4. The number of amides is 2. The molecule has 1 aliphatic heterocycles. The van der Waals surface area contributed by atoms with E-state index in [-0.39, 0.29) is 5.91 Å². The molecule has 130 valence electrons. The van der Waals surface area contributed by atoms with Crippen LogP contribution in [0.4, 0.5) is 11.4 Å². The van der Waals surface area contributed by atoms with Gasteiger partial charge < -0.3 is 16.0 Å². The van der Waals surface area contributed by atoms with E-state index in [0.717, 1.165) is 37.2 Å². The minimum Gasteiger partial charge on any atom is -0.372 e. The Labute approximate surface area is 147 Å². The fraction of sp³-hybridized carbons (Fsp3) is 0.300. The molecule has 3 N–H and O–H groups in total. The van der Waals surface area contributed by atoms with E-state index in [1.54, 1.807) is 24.3 Å². The number of nitrogens with two attached hydrogens (primary N) is 1. The Bertz CT molecular complexity index is 778. The molecule has 0 aromatic heterocycles. The predicted octanol–water partition coefficient (Wildman–Crippen LogP) is 3.34. The third-order valence-corrected chi connectivity index (χ3v) is 4.55. The van der Waals surface area contributed by atoms with Gasteiger partial charge in [-0.25, -0.2) is 0 Å². The van der Waals surface area contributed by atoms with Crippen LogP contribution in [0.3, 0.4) is 0 Å². The number of carbonyl (C=O) groups is 2. The van der Waals surface area contributed by atoms with E-state index in [0.29, 0.717) is 16.8 Å². The summed E-state index contributed by atoms with van der Waals surface area (Å²) in [7, 11) is 0. The van der Waals surface area contributed by atoms with E-state index >= 15 is 0 Å². The molecule has 0 unspecified atom stereocenters. The summed E-state index contributed by atoms with van der Waals surface area (Å²) in [5, 5.41) is 2.80. The molecule has 0 atom stereocenters. The summed E-state index contributed by atoms with van der Waals surface area (Å²) >= 11 is 0. The molecule has 5 nitrogen and oxygen atoms in total. The Hall–Kier alpha value is -2.82. The monoisotopic (exact) mass is 337 g/mol. The molecule has 0 radical (unpaired) electrons. The molecule has 25 heavy (non-hydrogen) atoms. The summed E-state index contributed by atoms with van der Waals surface area (Å²) in [6, 6.07) is 12.7. The van der Waals surface area contributed by atoms with Crippen molar-refractivity contribution in [2.75, 3.05) is 23.3 Å². The van der Waals surface area contributed by atoms with Gasteiger partial charge in [-0.1, -0.05) is 17.7 Å². The number of hydrogen-bond acceptors (Lipinski definition) is 3. The van der Waals surface area contributed by atoms with Crippen LogP contribution in [0.15, 0.2) is 42.5 Å². The molecule has 1 aliphatic rings. The van der Waals surface area contributed by atoms with Crippen LogP contribution in [-0.4, -0.2) is 24.9 Å². The predicted molar refractivity (Wildman–Crippen MR) is 100 cm³/mol. The zero-order valence-corrected chi connectivity index (χ0v) is 14.4. The largest absolute Gasteiger partial charge is 0.372 e. The summed E-state index contributed by atoms with van der Waals surface area (Å²) in [6.45, 7) is 3.92. The molecular formula is C20H23N3O2. The molecule has 3 rings (SSSR count). The lowest BCUT2D eigenvalue weighted by Crippen LogP contribution is -2.29. The van der Waals surface area contributed by atoms with Gasteiger partial charge in [0.15, 0.2) is 0 Å². The summed E-state index contributed by atoms with van der Waals surface area (Å²) in [6.07, 6.45) is 3.54. The summed E-state index contributed by atoms with van der Waals surface area (Å²) in [4.78, 5) is 26.5. The number of hydrogen-bond donors (Lipinski definition) is 2. The van der Waals surface area contributed by atoms with Crippen molar-refractivity contribution < 1.29 is 9.59 Å². The maximum atomic E-state index is 12.4. The number of aryl methyl sites for hydroxylation is 1. The van der Waals surface area contributed by atoms with Crippen LogP contribution in [0.2, 0.25) is 0 Å². The van der Waals surface area contributed by atoms with Crippen molar-refractivity contribution in [3.8, 4) is 0 Å². The van der Waals surface area contributed by atoms with Gasteiger partial charge in [-0.05, 0) is 56.5 Å². The first-order valence-corrected chi connectivity index (χ1v) is 8.61. The molecule has 0 saturated carbocycles. The number of piperidine rings is 1. The summed E-state index contributed by atoms with van der Waals surface area (Å²) in [5.74, 6) is -0.800. The molecule has 5 heteroatoms. The average Bonchev–Trinajstić information content (AvgIpc) is 2.63. The molecule has 2 amide bonds. The molecule has 0 bridgehead atoms. The van der Waals surface area contributed by atoms with Crippen LogP contribution in [0.5, 0.6) is 0 Å². The Morgan fingerprint density at radius 3 is 2.32 bits per heavy atom. The van der Waals surface area contributed by atoms with Gasteiger partial charge in [0.1, 0.15) is 0 Å². The molecule has 2 aromatic rings. The Morgan fingerprint density at radius 1 is 1.00 bits per heavy atom. The number of benzene rings is 2. The van der Waals surface area contributed by atoms with Crippen molar-refractivity contribution in [2.45, 2.75) is 26.2 Å². The minimum atomic E-state index is -0.543. The van der Waals surface area contributed by atoms with Gasteiger partial charge in [-0.15, -0.1) is 0 Å². The second kappa shape index (κ2) is 7.38. The van der Waals surface area contributed by atoms with Crippen molar-refractivity contribution >= 4 is 23.2 Å². The van der Waals surface area contributed by atoms with Crippen molar-refractivity contribution in [2.24, 2.45) is 5.73 Å². The van der Waals surface area contributed by atoms with Gasteiger partial charge in [-0.2, -0.15) is 0 Å². The number of anilines is 2. The number of primary amides is 1. The minimum absolute atomic E-state index is 0.256. The van der Waals surface area contributed by atoms with Gasteiger partial charge in [-0.3, -0.25) is 9.59 Å². The van der Waals surface area contributed by atoms with E-state index in [1.807, 2.05) is 25.1 Å². The van der Waals surface area contributed by atoms with Crippen LogP contribution in [0.1, 0.15) is 45.5 Å². The Kier molecular flexibility index (Phi) is 5.03. The normalized spacial score (nSPS) is 14.2. The molecular weight excluding hydrogens is 314 g/mol. The maximum Gasteiger partial charge on any atom is 0.255 e. The third kappa shape index (κ3) is 3.99. The van der Waals surface area contributed by atoms with Crippen molar-refractivity contribution in [3.05, 3.63) is 59.2 Å². The quantitative estimate of drug-likeness (QED) is 0.898. The van der Waals surface area contributed by atoms with Crippen molar-refractivity contribution in [3.63, 3.8) is 0 Å². The van der Waals surface area contributed by atoms with Gasteiger partial charge in [0, 0.05) is 24.3 Å². The lowest BCUT2D eigenvalue weighted by Gasteiger charge is -2.29. The second-order valence-electron chi connectivity index (χ2n) is 6.46. The first-order chi connectivity index (χ1) is 12.0. The van der Waals surface area contributed by atoms with E-state index in [4.69, 9.17) is 5.73 Å². The highest BCUT2D eigenvalue weighted by atomic mass is 16.2. The van der Waals surface area contributed by atoms with Crippen LogP contribution in [0.25, 0.3) is 0 Å². The average molecular weight is 337 g/mol. The molecule has 0 spiro atoms. The first kappa shape index (κ1) is 17.0. The fourth-order valence-electron chi connectivity index (χ4n) is 3.09. The number of nitrogens with one attached hydrogen (secondary N) is 1. The molecule has 1 saturated heterocycles. The van der Waals surface area contributed by atoms with E-state index < -0.39 is 5.91 Å². The van der Waals surface area contributed by atoms with Crippen molar-refractivity contribution in [1.82, 2.24) is 0 Å². The van der Waals surface area contributed by atoms with E-state index in [9.17, 15) is 9.59 Å². The molecule has 0 aliphatic carbocycles. The van der Waals surface area contributed by atoms with Gasteiger partial charge in [0.25, 0.3) is 11.8 Å². The number of rotatable bonds is 4. The topological polar surface area (TPSA) is 75.4 Å². The van der Waals surface area contributed by atoms with E-state index in [2.05, 4.69) is 10.2 Å². The van der Waals surface area contributed by atoms with Crippen LogP contribution >= 0.6 is 0 Å². The fourth-order valence-corrected chi connectivity index (χ4v) is 3.09. The van der Waals surface area contributed by atoms with Gasteiger partial charge in [0.05, 0.1) is 11.3 Å². The highest BCUT2D eigenvalue weighted by Gasteiger charge is 2.17. The zero-order valence-electron chi connectivity index (χ0n) is 14.4. The van der Waals surface area contributed by atoms with E-state index in [1.165, 1.54) is 6.42 Å². The highest BCUT2D eigenvalue weighted by Crippen LogP contribution is 2.26. The van der Waals surface area contributed by atoms with Gasteiger partial charge >= 0.3 is 0 Å². The summed E-state index contributed by atoms with van der Waals surface area (Å²) < 4.78 is 0. The summed E-state index contributed by atoms with van der Waals surface area (Å²) in [5.41, 5.74) is 8.92. The smallest absolute Gasteiger partial charge is 0.255 e. The molecule has 1 heterocycles. The molecule has 2 aromatic carbocycles. The van der Waals surface area contributed by atoms with Crippen LogP contribution < -0.4 is 16.0 Å². The number of carbonyl (C=O) groups excluding carboxylic acids is 2. The SMILES string of the molecule is Cc1ccc(C(=O)Nc2ccc(N3CCCCC3)cc2C(N)=O)cc1. The van der Waals surface area contributed by atoms with Gasteiger partial charge in [0.2, 0.25) is 0 Å². The molecule has 1 fully saturated rings.